The van der Waals surface area contributed by atoms with Gasteiger partial charge in [-0.05, 0) is 36.8 Å². The lowest BCUT2D eigenvalue weighted by molar-refractivity contribution is -0.130. The molecule has 0 unspecified atom stereocenters. The Labute approximate surface area is 167 Å². The van der Waals surface area contributed by atoms with Crippen molar-refractivity contribution in [1.29, 1.82) is 0 Å². The first-order chi connectivity index (χ1) is 13.3. The Bertz CT molecular complexity index is 810. The van der Waals surface area contributed by atoms with E-state index in [2.05, 4.69) is 33.0 Å². The highest BCUT2D eigenvalue weighted by molar-refractivity contribution is 5.96. The minimum Gasteiger partial charge on any atom is -0.451 e. The van der Waals surface area contributed by atoms with Gasteiger partial charge in [-0.15, -0.1) is 0 Å². The van der Waals surface area contributed by atoms with Crippen LogP contribution >= 0.6 is 0 Å². The zero-order valence-corrected chi connectivity index (χ0v) is 17.1. The molecule has 2 amide bonds. The second kappa shape index (κ2) is 8.63. The number of hydrogen-bond donors (Lipinski definition) is 1. The van der Waals surface area contributed by atoms with Crippen LogP contribution in [-0.4, -0.2) is 35.3 Å². The number of carbonyl (C=O) groups is 2. The van der Waals surface area contributed by atoms with Crippen molar-refractivity contribution in [3.8, 4) is 11.3 Å². The molecule has 2 atom stereocenters. The lowest BCUT2D eigenvalue weighted by atomic mass is 9.95. The summed E-state index contributed by atoms with van der Waals surface area (Å²) in [6, 6.07) is 12.7. The molecular formula is C23H30N2O3. The van der Waals surface area contributed by atoms with E-state index in [1.54, 1.807) is 11.0 Å². The Balaban J connectivity index is 1.85. The summed E-state index contributed by atoms with van der Waals surface area (Å²) in [6.07, 6.45) is 1.48. The topological polar surface area (TPSA) is 62.6 Å². The third-order valence-electron chi connectivity index (χ3n) is 5.03. The molecule has 5 heteroatoms. The van der Waals surface area contributed by atoms with Gasteiger partial charge in [-0.3, -0.25) is 9.59 Å². The van der Waals surface area contributed by atoms with E-state index < -0.39 is 6.04 Å². The Morgan fingerprint density at radius 3 is 2.39 bits per heavy atom. The predicted molar refractivity (Wildman–Crippen MR) is 110 cm³/mol. The average molecular weight is 383 g/mol. The van der Waals surface area contributed by atoms with Crippen LogP contribution in [0.2, 0.25) is 0 Å². The lowest BCUT2D eigenvalue weighted by Gasteiger charge is -2.40. The van der Waals surface area contributed by atoms with Crippen LogP contribution in [0.5, 0.6) is 0 Å². The van der Waals surface area contributed by atoms with E-state index in [0.29, 0.717) is 30.6 Å². The Morgan fingerprint density at radius 2 is 1.75 bits per heavy atom. The molecule has 0 spiro atoms. The van der Waals surface area contributed by atoms with Crippen LogP contribution in [0.15, 0.2) is 46.9 Å². The van der Waals surface area contributed by atoms with E-state index in [0.717, 1.165) is 12.0 Å². The molecular weight excluding hydrogens is 352 g/mol. The maximum absolute atomic E-state index is 13.3. The van der Waals surface area contributed by atoms with Crippen molar-refractivity contribution in [2.24, 2.45) is 11.8 Å². The molecule has 1 aliphatic heterocycles. The van der Waals surface area contributed by atoms with Gasteiger partial charge in [0, 0.05) is 18.2 Å². The number of amides is 2. The molecule has 2 heterocycles. The van der Waals surface area contributed by atoms with Gasteiger partial charge in [-0.2, -0.15) is 0 Å². The largest absolute Gasteiger partial charge is 0.451 e. The molecule has 150 valence electrons. The van der Waals surface area contributed by atoms with Gasteiger partial charge in [0.1, 0.15) is 11.8 Å². The van der Waals surface area contributed by atoms with Crippen molar-refractivity contribution in [1.82, 2.24) is 10.2 Å². The van der Waals surface area contributed by atoms with E-state index in [1.807, 2.05) is 36.4 Å². The summed E-state index contributed by atoms with van der Waals surface area (Å²) in [5.74, 6) is 1.42. The normalized spacial score (nSPS) is 19.9. The third kappa shape index (κ3) is 4.64. The minimum atomic E-state index is -0.457. The van der Waals surface area contributed by atoms with E-state index in [9.17, 15) is 9.59 Å². The Kier molecular flexibility index (Phi) is 6.22. The molecule has 3 rings (SSSR count). The maximum Gasteiger partial charge on any atom is 0.290 e. The van der Waals surface area contributed by atoms with Crippen LogP contribution in [0.4, 0.5) is 0 Å². The summed E-state index contributed by atoms with van der Waals surface area (Å²) in [7, 11) is 0. The second-order valence-electron chi connectivity index (χ2n) is 8.47. The van der Waals surface area contributed by atoms with Crippen LogP contribution in [0, 0.1) is 11.8 Å². The lowest BCUT2D eigenvalue weighted by Crippen LogP contribution is -2.62. The molecule has 2 aromatic rings. The van der Waals surface area contributed by atoms with Crippen molar-refractivity contribution < 1.29 is 14.0 Å². The Morgan fingerprint density at radius 1 is 1.07 bits per heavy atom. The smallest absolute Gasteiger partial charge is 0.290 e. The highest BCUT2D eigenvalue weighted by atomic mass is 16.4. The molecule has 1 N–H and O–H groups in total. The first-order valence-electron chi connectivity index (χ1n) is 10.1. The highest BCUT2D eigenvalue weighted by Gasteiger charge is 2.38. The fourth-order valence-electron chi connectivity index (χ4n) is 3.81. The number of nitrogens with zero attached hydrogens (tertiary/aromatic N) is 1. The molecule has 0 bridgehead atoms. The van der Waals surface area contributed by atoms with Crippen molar-refractivity contribution >= 4 is 11.8 Å². The fourth-order valence-corrected chi connectivity index (χ4v) is 3.81. The second-order valence-corrected chi connectivity index (χ2v) is 8.47. The van der Waals surface area contributed by atoms with Crippen LogP contribution < -0.4 is 5.32 Å². The first kappa shape index (κ1) is 20.2. The number of benzene rings is 1. The Hall–Kier alpha value is -2.56. The number of carbonyl (C=O) groups excluding carboxylic acids is 2. The van der Waals surface area contributed by atoms with E-state index in [-0.39, 0.29) is 23.6 Å². The van der Waals surface area contributed by atoms with Crippen molar-refractivity contribution in [2.75, 3.05) is 6.54 Å². The summed E-state index contributed by atoms with van der Waals surface area (Å²) in [6.45, 7) is 8.89. The van der Waals surface area contributed by atoms with Gasteiger partial charge < -0.3 is 14.6 Å². The zero-order chi connectivity index (χ0) is 20.3. The predicted octanol–water partition coefficient (Wildman–Crippen LogP) is 4.35. The van der Waals surface area contributed by atoms with Crippen molar-refractivity contribution in [2.45, 2.75) is 52.6 Å². The quantitative estimate of drug-likeness (QED) is 0.808. The SMILES string of the molecule is CC(C)C[C@H]1CN(C(=O)c2ccc(-c3ccccc3)o2)[C@@H](CC(C)C)C(=O)N1. The van der Waals surface area contributed by atoms with E-state index in [4.69, 9.17) is 4.42 Å². The zero-order valence-electron chi connectivity index (χ0n) is 17.1. The fraction of sp³-hybridized carbons (Fsp3) is 0.478. The summed E-state index contributed by atoms with van der Waals surface area (Å²) < 4.78 is 5.87. The van der Waals surface area contributed by atoms with Crippen LogP contribution in [-0.2, 0) is 4.79 Å². The van der Waals surface area contributed by atoms with Crippen LogP contribution in [0.3, 0.4) is 0 Å². The van der Waals surface area contributed by atoms with Crippen LogP contribution in [0.25, 0.3) is 11.3 Å². The molecule has 1 aromatic heterocycles. The number of rotatable bonds is 6. The van der Waals surface area contributed by atoms with Crippen molar-refractivity contribution in [3.63, 3.8) is 0 Å². The maximum atomic E-state index is 13.3. The molecule has 1 saturated heterocycles. The van der Waals surface area contributed by atoms with Gasteiger partial charge in [0.25, 0.3) is 5.91 Å². The highest BCUT2D eigenvalue weighted by Crippen LogP contribution is 2.26. The summed E-state index contributed by atoms with van der Waals surface area (Å²) in [4.78, 5) is 27.7. The molecule has 1 aliphatic rings. The van der Waals surface area contributed by atoms with E-state index >= 15 is 0 Å². The third-order valence-corrected chi connectivity index (χ3v) is 5.03. The number of furan rings is 1. The van der Waals surface area contributed by atoms with E-state index in [1.165, 1.54) is 0 Å². The molecule has 5 nitrogen and oxygen atoms in total. The average Bonchev–Trinajstić information content (AvgIpc) is 3.13. The van der Waals surface area contributed by atoms with Gasteiger partial charge >= 0.3 is 0 Å². The summed E-state index contributed by atoms with van der Waals surface area (Å²) >= 11 is 0. The van der Waals surface area contributed by atoms with Gasteiger partial charge in [-0.1, -0.05) is 58.0 Å². The number of hydrogen-bond acceptors (Lipinski definition) is 3. The molecule has 1 fully saturated rings. The number of nitrogens with one attached hydrogen (secondary N) is 1. The van der Waals surface area contributed by atoms with Gasteiger partial charge in [0.05, 0.1) is 0 Å². The van der Waals surface area contributed by atoms with Crippen molar-refractivity contribution in [3.05, 3.63) is 48.2 Å². The standard InChI is InChI=1S/C23H30N2O3/c1-15(2)12-18-14-25(19(13-16(3)4)22(26)24-18)23(27)21-11-10-20(28-21)17-8-6-5-7-9-17/h5-11,15-16,18-19H,12-14H2,1-4H3,(H,24,26)/t18-,19-/m0/s1. The summed E-state index contributed by atoms with van der Waals surface area (Å²) in [5.41, 5.74) is 0.925. The molecule has 0 saturated carbocycles. The first-order valence-corrected chi connectivity index (χ1v) is 10.1. The molecule has 0 radical (unpaired) electrons. The van der Waals surface area contributed by atoms with Crippen LogP contribution in [0.1, 0.15) is 51.1 Å². The number of piperazine rings is 1. The molecule has 28 heavy (non-hydrogen) atoms. The van der Waals surface area contributed by atoms with Gasteiger partial charge in [-0.25, -0.2) is 0 Å². The summed E-state index contributed by atoms with van der Waals surface area (Å²) in [5, 5.41) is 3.11. The monoisotopic (exact) mass is 382 g/mol. The minimum absolute atomic E-state index is 0.0246. The van der Waals surface area contributed by atoms with Gasteiger partial charge in [0.2, 0.25) is 5.91 Å². The molecule has 0 aliphatic carbocycles. The molecule has 1 aromatic carbocycles. The van der Waals surface area contributed by atoms with Gasteiger partial charge in [0.15, 0.2) is 5.76 Å².